The van der Waals surface area contributed by atoms with Crippen molar-refractivity contribution in [3.05, 3.63) is 93.5 Å². The van der Waals surface area contributed by atoms with E-state index in [1.54, 1.807) is 65.6 Å². The van der Waals surface area contributed by atoms with Crippen LogP contribution >= 0.6 is 23.2 Å². The Morgan fingerprint density at radius 3 is 2.59 bits per heavy atom. The molecule has 4 atom stereocenters. The first-order chi connectivity index (χ1) is 19.6. The Morgan fingerprint density at radius 2 is 1.85 bits per heavy atom. The summed E-state index contributed by atoms with van der Waals surface area (Å²) in [4.78, 5) is 29.9. The van der Waals surface area contributed by atoms with E-state index < -0.39 is 34.1 Å². The molecule has 218 valence electrons. The summed E-state index contributed by atoms with van der Waals surface area (Å²) in [6.45, 7) is 0.203. The zero-order chi connectivity index (χ0) is 29.6. The average molecular weight is 620 g/mol. The van der Waals surface area contributed by atoms with Crippen molar-refractivity contribution in [2.75, 3.05) is 12.8 Å². The highest BCUT2D eigenvalue weighted by molar-refractivity contribution is 7.88. The van der Waals surface area contributed by atoms with Crippen molar-refractivity contribution in [2.24, 2.45) is 5.16 Å². The van der Waals surface area contributed by atoms with E-state index in [1.807, 2.05) is 0 Å². The van der Waals surface area contributed by atoms with Crippen molar-refractivity contribution in [1.29, 1.82) is 0 Å². The van der Waals surface area contributed by atoms with Crippen LogP contribution in [-0.4, -0.2) is 61.4 Å². The monoisotopic (exact) mass is 618 g/mol. The highest BCUT2D eigenvalue weighted by Crippen LogP contribution is 2.47. The van der Waals surface area contributed by atoms with E-state index >= 15 is 0 Å². The number of nitrogens with one attached hydrogen (secondary N) is 2. The Kier molecular flexibility index (Phi) is 10.2. The summed E-state index contributed by atoms with van der Waals surface area (Å²) < 4.78 is 27.4. The van der Waals surface area contributed by atoms with Gasteiger partial charge in [-0.25, -0.2) is 13.1 Å². The van der Waals surface area contributed by atoms with Crippen LogP contribution in [0.1, 0.15) is 59.1 Å². The number of allylic oxidation sites excluding steroid dienone is 3. The van der Waals surface area contributed by atoms with Gasteiger partial charge < -0.3 is 15.4 Å². The highest BCUT2D eigenvalue weighted by atomic mass is 35.5. The number of sulfonamides is 1. The number of carbonyl (C=O) groups is 2. The van der Waals surface area contributed by atoms with Crippen LogP contribution in [0.3, 0.4) is 0 Å². The molecule has 9 nitrogen and oxygen atoms in total. The van der Waals surface area contributed by atoms with Gasteiger partial charge in [-0.05, 0) is 48.2 Å². The van der Waals surface area contributed by atoms with Crippen LogP contribution < -0.4 is 10.0 Å². The number of amides is 2. The molecule has 1 aliphatic carbocycles. The Hall–Kier alpha value is -3.18. The Morgan fingerprint density at radius 1 is 1.10 bits per heavy atom. The minimum atomic E-state index is -3.57. The van der Waals surface area contributed by atoms with Gasteiger partial charge in [-0.15, -0.1) is 0 Å². The summed E-state index contributed by atoms with van der Waals surface area (Å²) in [6.07, 6.45) is 11.7. The highest BCUT2D eigenvalue weighted by Gasteiger charge is 2.49. The summed E-state index contributed by atoms with van der Waals surface area (Å²) in [5.41, 5.74) is 1.50. The molecule has 1 fully saturated rings. The van der Waals surface area contributed by atoms with E-state index in [0.29, 0.717) is 39.6 Å². The van der Waals surface area contributed by atoms with Gasteiger partial charge in [-0.3, -0.25) is 9.59 Å². The first kappa shape index (κ1) is 30.8. The second kappa shape index (κ2) is 13.7. The lowest BCUT2D eigenvalue weighted by molar-refractivity contribution is -0.124. The lowest BCUT2D eigenvalue weighted by Crippen LogP contribution is -2.59. The first-order valence-electron chi connectivity index (χ1n) is 13.2. The minimum absolute atomic E-state index is 0.203. The molecule has 2 aromatic carbocycles. The molecule has 3 N–H and O–H groups in total. The molecule has 0 bridgehead atoms. The predicted molar refractivity (Wildman–Crippen MR) is 160 cm³/mol. The third-order valence-electron chi connectivity index (χ3n) is 7.30. The fourth-order valence-corrected chi connectivity index (χ4v) is 7.04. The molecule has 1 unspecified atom stereocenters. The van der Waals surface area contributed by atoms with E-state index in [9.17, 15) is 18.0 Å². The van der Waals surface area contributed by atoms with E-state index in [1.165, 1.54) is 12.3 Å². The Balaban J connectivity index is 1.82. The number of halogens is 2. The van der Waals surface area contributed by atoms with E-state index in [2.05, 4.69) is 15.2 Å². The van der Waals surface area contributed by atoms with Crippen molar-refractivity contribution < 1.29 is 23.2 Å². The maximum atomic E-state index is 14.2. The van der Waals surface area contributed by atoms with Gasteiger partial charge in [0.2, 0.25) is 15.9 Å². The first-order valence-corrected chi connectivity index (χ1v) is 15.9. The normalized spacial score (nSPS) is 23.4. The van der Waals surface area contributed by atoms with Crippen LogP contribution in [0.5, 0.6) is 0 Å². The molecule has 0 aromatic heterocycles. The SMILES string of the molecule is CS(=O)(=O)N[C@H]1CCCCC1N1C(=O)c2ccccc2[C@@H](C(=O)NC/C=C/C=C\C=NO)[C@@H]1c1ccc(Cl)cc1Cl. The maximum absolute atomic E-state index is 14.2. The van der Waals surface area contributed by atoms with Crippen molar-refractivity contribution in [2.45, 2.75) is 49.7 Å². The van der Waals surface area contributed by atoms with Crippen LogP contribution in [-0.2, 0) is 14.8 Å². The predicted octanol–water partition coefficient (Wildman–Crippen LogP) is 4.82. The summed E-state index contributed by atoms with van der Waals surface area (Å²) in [5.74, 6) is -1.45. The molecular weight excluding hydrogens is 587 g/mol. The van der Waals surface area contributed by atoms with Gasteiger partial charge in [0.15, 0.2) is 0 Å². The second-order valence-electron chi connectivity index (χ2n) is 10.1. The summed E-state index contributed by atoms with van der Waals surface area (Å²) in [5, 5.41) is 15.0. The number of nitrogens with zero attached hydrogens (tertiary/aromatic N) is 2. The standard InChI is InChI=1S/C29H32Cl2N4O5S/c1-41(39,40)34-24-12-6-7-13-25(24)35-27(22-15-14-19(30)18-23(22)31)26(20-10-4-5-11-21(20)29(35)37)28(36)32-16-8-2-3-9-17-33-38/h2-5,8-11,14-15,17-18,24-27,34,38H,6-7,12-13,16H2,1H3,(H,32,36)/b8-2+,9-3-,33-17?/t24-,25?,26+,27-/m0/s1. The molecule has 0 radical (unpaired) electrons. The van der Waals surface area contributed by atoms with Crippen molar-refractivity contribution in [3.63, 3.8) is 0 Å². The number of benzene rings is 2. The molecule has 0 saturated heterocycles. The van der Waals surface area contributed by atoms with Crippen LogP contribution in [0.25, 0.3) is 0 Å². The molecule has 0 spiro atoms. The lowest BCUT2D eigenvalue weighted by Gasteiger charge is -2.49. The van der Waals surface area contributed by atoms with Crippen LogP contribution in [0.4, 0.5) is 0 Å². The molecule has 12 heteroatoms. The topological polar surface area (TPSA) is 128 Å². The molecule has 2 aliphatic rings. The summed E-state index contributed by atoms with van der Waals surface area (Å²) >= 11 is 12.9. The smallest absolute Gasteiger partial charge is 0.255 e. The zero-order valence-corrected chi connectivity index (χ0v) is 24.7. The third-order valence-corrected chi connectivity index (χ3v) is 8.59. The third kappa shape index (κ3) is 7.37. The summed E-state index contributed by atoms with van der Waals surface area (Å²) in [6, 6.07) is 10.1. The van der Waals surface area contributed by atoms with Crippen molar-refractivity contribution >= 4 is 51.3 Å². The fraction of sp³-hybridized carbons (Fsp3) is 0.345. The van der Waals surface area contributed by atoms with Gasteiger partial charge in [-0.2, -0.15) is 0 Å². The maximum Gasteiger partial charge on any atom is 0.255 e. The molecular formula is C29H32Cl2N4O5S. The van der Waals surface area contributed by atoms with E-state index in [4.69, 9.17) is 28.4 Å². The van der Waals surface area contributed by atoms with Gasteiger partial charge >= 0.3 is 0 Å². The van der Waals surface area contributed by atoms with Gasteiger partial charge in [0.25, 0.3) is 5.91 Å². The van der Waals surface area contributed by atoms with Crippen LogP contribution in [0.2, 0.25) is 10.0 Å². The largest absolute Gasteiger partial charge is 0.411 e. The number of fused-ring (bicyclic) bond motifs is 1. The van der Waals surface area contributed by atoms with E-state index in [0.717, 1.165) is 19.1 Å². The fourth-order valence-electron chi connectivity index (χ4n) is 5.70. The number of rotatable bonds is 9. The molecule has 2 amide bonds. The van der Waals surface area contributed by atoms with E-state index in [-0.39, 0.29) is 18.4 Å². The van der Waals surface area contributed by atoms with Gasteiger partial charge in [-0.1, -0.05) is 83.7 Å². The van der Waals surface area contributed by atoms with Crippen LogP contribution in [0, 0.1) is 0 Å². The van der Waals surface area contributed by atoms with Crippen LogP contribution in [0.15, 0.2) is 71.9 Å². The number of oxime groups is 1. The lowest BCUT2D eigenvalue weighted by atomic mass is 9.76. The molecule has 1 saturated carbocycles. The van der Waals surface area contributed by atoms with Gasteiger partial charge in [0.1, 0.15) is 0 Å². The van der Waals surface area contributed by atoms with Crippen molar-refractivity contribution in [1.82, 2.24) is 14.9 Å². The average Bonchev–Trinajstić information content (AvgIpc) is 2.92. The van der Waals surface area contributed by atoms with Gasteiger partial charge in [0, 0.05) is 34.2 Å². The molecule has 4 rings (SSSR count). The molecule has 1 heterocycles. The second-order valence-corrected chi connectivity index (χ2v) is 12.7. The quantitative estimate of drug-likeness (QED) is 0.161. The molecule has 41 heavy (non-hydrogen) atoms. The number of hydrogen-bond donors (Lipinski definition) is 3. The zero-order valence-electron chi connectivity index (χ0n) is 22.4. The molecule has 2 aromatic rings. The summed E-state index contributed by atoms with van der Waals surface area (Å²) in [7, 11) is -3.57. The number of carbonyl (C=O) groups excluding carboxylic acids is 2. The van der Waals surface area contributed by atoms with Gasteiger partial charge in [0.05, 0.1) is 24.4 Å². The Bertz CT molecular complexity index is 1480. The Labute approximate surface area is 249 Å². The minimum Gasteiger partial charge on any atom is -0.411 e. The molecule has 1 aliphatic heterocycles. The number of hydrogen-bond acceptors (Lipinski definition) is 6. The van der Waals surface area contributed by atoms with Crippen molar-refractivity contribution in [3.8, 4) is 0 Å².